The van der Waals surface area contributed by atoms with Crippen molar-refractivity contribution in [1.82, 2.24) is 5.06 Å². The summed E-state index contributed by atoms with van der Waals surface area (Å²) in [7, 11) is 2.89. The zero-order valence-electron chi connectivity index (χ0n) is 8.35. The van der Waals surface area contributed by atoms with Gasteiger partial charge in [0.1, 0.15) is 6.04 Å². The predicted molar refractivity (Wildman–Crippen MR) is 44.8 cm³/mol. The van der Waals surface area contributed by atoms with Crippen molar-refractivity contribution in [3.8, 4) is 0 Å². The zero-order valence-corrected chi connectivity index (χ0v) is 8.35. The first-order valence-corrected chi connectivity index (χ1v) is 4.19. The SMILES string of the molecule is COC(=O)[C@@H]1C[C@@H](OC(C)=O)ON1C. The largest absolute Gasteiger partial charge is 0.468 e. The highest BCUT2D eigenvalue weighted by Gasteiger charge is 2.38. The van der Waals surface area contributed by atoms with Crippen molar-refractivity contribution in [3.05, 3.63) is 0 Å². The lowest BCUT2D eigenvalue weighted by atomic mass is 10.2. The first-order chi connectivity index (χ1) is 6.54. The molecule has 0 bridgehead atoms. The number of likely N-dealkylation sites (N-methyl/N-ethyl adjacent to an activating group) is 1. The van der Waals surface area contributed by atoms with Crippen LogP contribution in [0.2, 0.25) is 0 Å². The second-order valence-corrected chi connectivity index (χ2v) is 2.97. The Balaban J connectivity index is 2.51. The number of nitrogens with zero attached hydrogens (tertiary/aromatic N) is 1. The van der Waals surface area contributed by atoms with E-state index in [0.29, 0.717) is 6.42 Å². The lowest BCUT2D eigenvalue weighted by Gasteiger charge is -2.13. The van der Waals surface area contributed by atoms with E-state index in [-0.39, 0.29) is 0 Å². The molecule has 1 rings (SSSR count). The molecule has 1 saturated heterocycles. The van der Waals surface area contributed by atoms with Crippen LogP contribution in [0.25, 0.3) is 0 Å². The summed E-state index contributed by atoms with van der Waals surface area (Å²) in [4.78, 5) is 26.9. The number of rotatable bonds is 2. The van der Waals surface area contributed by atoms with Crippen LogP contribution < -0.4 is 0 Å². The maximum absolute atomic E-state index is 11.2. The van der Waals surface area contributed by atoms with Gasteiger partial charge in [-0.3, -0.25) is 14.4 Å². The third-order valence-corrected chi connectivity index (χ3v) is 1.91. The van der Waals surface area contributed by atoms with Gasteiger partial charge in [-0.15, -0.1) is 0 Å². The molecule has 6 nitrogen and oxygen atoms in total. The number of ether oxygens (including phenoxy) is 2. The second-order valence-electron chi connectivity index (χ2n) is 2.97. The van der Waals surface area contributed by atoms with E-state index in [2.05, 4.69) is 4.74 Å². The molecule has 0 unspecified atom stereocenters. The fraction of sp³-hybridized carbons (Fsp3) is 0.750. The van der Waals surface area contributed by atoms with Crippen molar-refractivity contribution < 1.29 is 23.9 Å². The molecule has 1 heterocycles. The molecule has 1 aliphatic heterocycles. The molecule has 0 aromatic carbocycles. The summed E-state index contributed by atoms with van der Waals surface area (Å²) in [5.41, 5.74) is 0. The molecule has 0 amide bonds. The molecular formula is C8H13NO5. The summed E-state index contributed by atoms with van der Waals surface area (Å²) >= 11 is 0. The van der Waals surface area contributed by atoms with E-state index in [1.807, 2.05) is 0 Å². The standard InChI is InChI=1S/C8H13NO5/c1-5(10)13-7-4-6(8(11)12-3)9(2)14-7/h6-7H,4H2,1-3H3/t6-,7-/m0/s1. The summed E-state index contributed by atoms with van der Waals surface area (Å²) in [6.07, 6.45) is -0.399. The van der Waals surface area contributed by atoms with Crippen LogP contribution in [0.5, 0.6) is 0 Å². The number of hydroxylamine groups is 2. The van der Waals surface area contributed by atoms with Crippen LogP contribution in [0.1, 0.15) is 13.3 Å². The fourth-order valence-corrected chi connectivity index (χ4v) is 1.27. The molecule has 0 aliphatic carbocycles. The van der Waals surface area contributed by atoms with Gasteiger partial charge in [0.25, 0.3) is 0 Å². The highest BCUT2D eigenvalue weighted by Crippen LogP contribution is 2.21. The molecule has 0 aromatic heterocycles. The second kappa shape index (κ2) is 4.39. The lowest BCUT2D eigenvalue weighted by Crippen LogP contribution is -2.32. The van der Waals surface area contributed by atoms with Crippen LogP contribution in [0.4, 0.5) is 0 Å². The molecule has 80 valence electrons. The van der Waals surface area contributed by atoms with E-state index in [4.69, 9.17) is 9.57 Å². The van der Waals surface area contributed by atoms with Gasteiger partial charge in [0, 0.05) is 20.4 Å². The zero-order chi connectivity index (χ0) is 10.7. The van der Waals surface area contributed by atoms with Gasteiger partial charge in [0.15, 0.2) is 0 Å². The smallest absolute Gasteiger partial charge is 0.325 e. The third-order valence-electron chi connectivity index (χ3n) is 1.91. The summed E-state index contributed by atoms with van der Waals surface area (Å²) in [6, 6.07) is -0.510. The van der Waals surface area contributed by atoms with Crippen LogP contribution >= 0.6 is 0 Å². The minimum atomic E-state index is -0.693. The third kappa shape index (κ3) is 2.43. The van der Waals surface area contributed by atoms with Crippen LogP contribution in [-0.4, -0.2) is 43.5 Å². The van der Waals surface area contributed by atoms with Gasteiger partial charge >= 0.3 is 11.9 Å². The Labute approximate surface area is 81.7 Å². The summed E-state index contributed by atoms with van der Waals surface area (Å²) < 4.78 is 9.35. The lowest BCUT2D eigenvalue weighted by molar-refractivity contribution is -0.226. The van der Waals surface area contributed by atoms with Crippen LogP contribution in [0.3, 0.4) is 0 Å². The number of carbonyl (C=O) groups excluding carboxylic acids is 2. The molecule has 14 heavy (non-hydrogen) atoms. The Hall–Kier alpha value is -1.14. The van der Waals surface area contributed by atoms with Crippen LogP contribution in [0.15, 0.2) is 0 Å². The molecule has 1 aliphatic rings. The van der Waals surface area contributed by atoms with Crippen molar-refractivity contribution in [1.29, 1.82) is 0 Å². The van der Waals surface area contributed by atoms with Gasteiger partial charge in [-0.2, -0.15) is 5.06 Å². The Morgan fingerprint density at radius 1 is 1.50 bits per heavy atom. The first-order valence-electron chi connectivity index (χ1n) is 4.19. The average molecular weight is 203 g/mol. The van der Waals surface area contributed by atoms with E-state index in [1.165, 1.54) is 19.1 Å². The number of hydrogen-bond donors (Lipinski definition) is 0. The number of esters is 2. The molecule has 0 aromatic rings. The normalized spacial score (nSPS) is 27.4. The minimum absolute atomic E-state index is 0.294. The van der Waals surface area contributed by atoms with Gasteiger partial charge in [0.05, 0.1) is 7.11 Å². The molecule has 0 N–H and O–H groups in total. The summed E-state index contributed by atoms with van der Waals surface area (Å²) in [5, 5.41) is 1.33. The van der Waals surface area contributed by atoms with Crippen LogP contribution in [0, 0.1) is 0 Å². The molecule has 0 saturated carbocycles. The monoisotopic (exact) mass is 203 g/mol. The summed E-state index contributed by atoms with van der Waals surface area (Å²) in [5.74, 6) is -0.837. The van der Waals surface area contributed by atoms with Gasteiger partial charge in [-0.1, -0.05) is 0 Å². The van der Waals surface area contributed by atoms with E-state index >= 15 is 0 Å². The Morgan fingerprint density at radius 3 is 2.64 bits per heavy atom. The van der Waals surface area contributed by atoms with E-state index in [1.54, 1.807) is 7.05 Å². The van der Waals surface area contributed by atoms with Crippen molar-refractivity contribution in [2.75, 3.05) is 14.2 Å². The van der Waals surface area contributed by atoms with E-state index < -0.39 is 24.3 Å². The maximum Gasteiger partial charge on any atom is 0.325 e. The highest BCUT2D eigenvalue weighted by atomic mass is 16.8. The van der Waals surface area contributed by atoms with Crippen molar-refractivity contribution in [2.24, 2.45) is 0 Å². The number of hydrogen-bond acceptors (Lipinski definition) is 6. The van der Waals surface area contributed by atoms with E-state index in [9.17, 15) is 9.59 Å². The molecule has 6 heteroatoms. The number of carbonyl (C=O) groups is 2. The Kier molecular flexibility index (Phi) is 3.43. The van der Waals surface area contributed by atoms with E-state index in [0.717, 1.165) is 0 Å². The van der Waals surface area contributed by atoms with Gasteiger partial charge < -0.3 is 9.47 Å². The fourth-order valence-electron chi connectivity index (χ4n) is 1.27. The summed E-state index contributed by atoms with van der Waals surface area (Å²) in [6.45, 7) is 1.29. The quantitative estimate of drug-likeness (QED) is 0.573. The van der Waals surface area contributed by atoms with Crippen molar-refractivity contribution >= 4 is 11.9 Å². The number of methoxy groups -OCH3 is 1. The van der Waals surface area contributed by atoms with Crippen LogP contribution in [-0.2, 0) is 23.9 Å². The predicted octanol–water partition coefficient (Wildman–Crippen LogP) is -0.316. The Morgan fingerprint density at radius 2 is 2.14 bits per heavy atom. The molecule has 1 fully saturated rings. The highest BCUT2D eigenvalue weighted by molar-refractivity contribution is 5.75. The van der Waals surface area contributed by atoms with Gasteiger partial charge in [-0.25, -0.2) is 0 Å². The molecule has 2 atom stereocenters. The molecule has 0 spiro atoms. The Bertz CT molecular complexity index is 242. The first kappa shape index (κ1) is 10.9. The van der Waals surface area contributed by atoms with Crippen molar-refractivity contribution in [3.63, 3.8) is 0 Å². The maximum atomic E-state index is 11.2. The van der Waals surface area contributed by atoms with Gasteiger partial charge in [-0.05, 0) is 0 Å². The molecule has 0 radical (unpaired) electrons. The van der Waals surface area contributed by atoms with Gasteiger partial charge in [0.2, 0.25) is 6.29 Å². The minimum Gasteiger partial charge on any atom is -0.468 e. The topological polar surface area (TPSA) is 65.1 Å². The molecular weight excluding hydrogens is 190 g/mol. The van der Waals surface area contributed by atoms with Crippen molar-refractivity contribution in [2.45, 2.75) is 25.7 Å². The average Bonchev–Trinajstić information content (AvgIpc) is 2.44.